The first-order valence-electron chi connectivity index (χ1n) is 3.92. The zero-order chi connectivity index (χ0) is 9.10. The van der Waals surface area contributed by atoms with Crippen LogP contribution in [0.4, 0.5) is 0 Å². The molecule has 0 saturated carbocycles. The molecule has 66 valence electrons. The Hall–Kier alpha value is -1.16. The molecule has 3 nitrogen and oxygen atoms in total. The van der Waals surface area contributed by atoms with Gasteiger partial charge in [-0.15, -0.1) is 0 Å². The first-order valence-corrected chi connectivity index (χ1v) is 5.04. The van der Waals surface area contributed by atoms with Crippen LogP contribution >= 0.6 is 15.9 Å². The van der Waals surface area contributed by atoms with Gasteiger partial charge in [-0.05, 0) is 12.1 Å². The van der Waals surface area contributed by atoms with Crippen LogP contribution in [0, 0.1) is 0 Å². The van der Waals surface area contributed by atoms with Gasteiger partial charge in [-0.2, -0.15) is 5.10 Å². The molecule has 0 spiro atoms. The van der Waals surface area contributed by atoms with Crippen molar-refractivity contribution in [2.75, 3.05) is 0 Å². The van der Waals surface area contributed by atoms with Crippen molar-refractivity contribution in [3.63, 3.8) is 0 Å². The Morgan fingerprint density at radius 3 is 2.62 bits per heavy atom. The fraction of sp³-hybridized carbons (Fsp3) is 0.111. The zero-order valence-electron chi connectivity index (χ0n) is 6.89. The number of alkyl halides is 1. The van der Waals surface area contributed by atoms with E-state index in [0.29, 0.717) is 5.33 Å². The molecule has 0 amide bonds. The van der Waals surface area contributed by atoms with E-state index >= 15 is 0 Å². The molecule has 1 heterocycles. The molecular weight excluding hydrogens is 230 g/mol. The molecular formula is C9H8BrN3. The van der Waals surface area contributed by atoms with E-state index in [4.69, 9.17) is 0 Å². The maximum absolute atomic E-state index is 4.26. The molecule has 0 N–H and O–H groups in total. The van der Waals surface area contributed by atoms with Crippen LogP contribution in [-0.4, -0.2) is 14.8 Å². The standard InChI is InChI=1S/C9H8BrN3/c10-6-9-11-7-13(12-9)8-4-2-1-3-5-8/h1-5,7H,6H2. The highest BCUT2D eigenvalue weighted by Crippen LogP contribution is 2.05. The number of hydrogen-bond donors (Lipinski definition) is 0. The molecule has 2 rings (SSSR count). The molecule has 4 heteroatoms. The lowest BCUT2D eigenvalue weighted by atomic mass is 10.3. The predicted molar refractivity (Wildman–Crippen MR) is 54.0 cm³/mol. The molecule has 0 bridgehead atoms. The van der Waals surface area contributed by atoms with E-state index in [-0.39, 0.29) is 0 Å². The van der Waals surface area contributed by atoms with Crippen molar-refractivity contribution in [2.45, 2.75) is 5.33 Å². The van der Waals surface area contributed by atoms with E-state index in [2.05, 4.69) is 26.0 Å². The van der Waals surface area contributed by atoms with Crippen molar-refractivity contribution in [1.29, 1.82) is 0 Å². The molecule has 0 aliphatic heterocycles. The van der Waals surface area contributed by atoms with E-state index < -0.39 is 0 Å². The number of halogens is 1. The van der Waals surface area contributed by atoms with E-state index in [9.17, 15) is 0 Å². The number of rotatable bonds is 2. The zero-order valence-corrected chi connectivity index (χ0v) is 8.48. The second kappa shape index (κ2) is 3.70. The Kier molecular flexibility index (Phi) is 2.40. The van der Waals surface area contributed by atoms with E-state index in [1.54, 1.807) is 11.0 Å². The first kappa shape index (κ1) is 8.44. The van der Waals surface area contributed by atoms with Crippen LogP contribution in [0.1, 0.15) is 5.82 Å². The van der Waals surface area contributed by atoms with Crippen molar-refractivity contribution < 1.29 is 0 Å². The SMILES string of the molecule is BrCc1ncn(-c2ccccc2)n1. The van der Waals surface area contributed by atoms with Gasteiger partial charge in [-0.3, -0.25) is 0 Å². The summed E-state index contributed by atoms with van der Waals surface area (Å²) in [6, 6.07) is 9.92. The summed E-state index contributed by atoms with van der Waals surface area (Å²) in [5.74, 6) is 0.795. The third-order valence-electron chi connectivity index (χ3n) is 1.68. The molecule has 0 fully saturated rings. The lowest BCUT2D eigenvalue weighted by Gasteiger charge is -1.97. The Bertz CT molecular complexity index is 383. The van der Waals surface area contributed by atoms with Crippen LogP contribution in [0.2, 0.25) is 0 Å². The maximum Gasteiger partial charge on any atom is 0.161 e. The molecule has 0 atom stereocenters. The molecule has 2 aromatic rings. The van der Waals surface area contributed by atoms with Crippen molar-refractivity contribution in [3.8, 4) is 5.69 Å². The molecule has 1 aromatic carbocycles. The Balaban J connectivity index is 2.36. The predicted octanol–water partition coefficient (Wildman–Crippen LogP) is 2.16. The number of benzene rings is 1. The van der Waals surface area contributed by atoms with E-state index in [1.807, 2.05) is 30.3 Å². The summed E-state index contributed by atoms with van der Waals surface area (Å²) in [5.41, 5.74) is 1.03. The van der Waals surface area contributed by atoms with Crippen molar-refractivity contribution >= 4 is 15.9 Å². The molecule has 0 radical (unpaired) electrons. The topological polar surface area (TPSA) is 30.7 Å². The van der Waals surface area contributed by atoms with Gasteiger partial charge in [-0.25, -0.2) is 9.67 Å². The second-order valence-electron chi connectivity index (χ2n) is 2.57. The van der Waals surface area contributed by atoms with Crippen molar-refractivity contribution in [3.05, 3.63) is 42.5 Å². The molecule has 0 saturated heterocycles. The Morgan fingerprint density at radius 1 is 1.23 bits per heavy atom. The van der Waals surface area contributed by atoms with Gasteiger partial charge in [0.1, 0.15) is 6.33 Å². The molecule has 0 aliphatic carbocycles. The van der Waals surface area contributed by atoms with Gasteiger partial charge in [0, 0.05) is 0 Å². The lowest BCUT2D eigenvalue weighted by molar-refractivity contribution is 0.860. The summed E-state index contributed by atoms with van der Waals surface area (Å²) in [5, 5.41) is 4.94. The average Bonchev–Trinajstić information content (AvgIpc) is 2.67. The Morgan fingerprint density at radius 2 is 2.00 bits per heavy atom. The van der Waals surface area contributed by atoms with Gasteiger partial charge in [0.15, 0.2) is 5.82 Å². The molecule has 0 aliphatic rings. The van der Waals surface area contributed by atoms with Gasteiger partial charge in [0.25, 0.3) is 0 Å². The molecule has 13 heavy (non-hydrogen) atoms. The fourth-order valence-electron chi connectivity index (χ4n) is 1.06. The Labute approximate surface area is 84.5 Å². The molecule has 0 unspecified atom stereocenters. The van der Waals surface area contributed by atoms with Gasteiger partial charge in [-0.1, -0.05) is 34.1 Å². The quantitative estimate of drug-likeness (QED) is 0.750. The minimum atomic E-state index is 0.687. The van der Waals surface area contributed by atoms with Gasteiger partial charge in [0.05, 0.1) is 11.0 Å². The van der Waals surface area contributed by atoms with Crippen LogP contribution in [0.15, 0.2) is 36.7 Å². The average molecular weight is 238 g/mol. The van der Waals surface area contributed by atoms with Gasteiger partial charge < -0.3 is 0 Å². The molecule has 1 aromatic heterocycles. The number of hydrogen-bond acceptors (Lipinski definition) is 2. The minimum Gasteiger partial charge on any atom is -0.221 e. The van der Waals surface area contributed by atoms with Crippen LogP contribution in [0.25, 0.3) is 5.69 Å². The summed E-state index contributed by atoms with van der Waals surface area (Å²) in [6.07, 6.45) is 1.71. The minimum absolute atomic E-state index is 0.687. The monoisotopic (exact) mass is 237 g/mol. The van der Waals surface area contributed by atoms with Crippen LogP contribution in [-0.2, 0) is 5.33 Å². The third kappa shape index (κ3) is 1.78. The number of aromatic nitrogens is 3. The fourth-order valence-corrected chi connectivity index (χ4v) is 1.32. The van der Waals surface area contributed by atoms with Crippen LogP contribution in [0.5, 0.6) is 0 Å². The third-order valence-corrected chi connectivity index (χ3v) is 2.18. The summed E-state index contributed by atoms with van der Waals surface area (Å²) >= 11 is 3.31. The second-order valence-corrected chi connectivity index (χ2v) is 3.14. The lowest BCUT2D eigenvalue weighted by Crippen LogP contribution is -1.94. The van der Waals surface area contributed by atoms with Crippen LogP contribution < -0.4 is 0 Å². The van der Waals surface area contributed by atoms with Gasteiger partial charge >= 0.3 is 0 Å². The van der Waals surface area contributed by atoms with E-state index in [0.717, 1.165) is 11.5 Å². The smallest absolute Gasteiger partial charge is 0.161 e. The van der Waals surface area contributed by atoms with Crippen molar-refractivity contribution in [2.24, 2.45) is 0 Å². The normalized spacial score (nSPS) is 10.2. The summed E-state index contributed by atoms with van der Waals surface area (Å²) < 4.78 is 1.76. The summed E-state index contributed by atoms with van der Waals surface area (Å²) in [7, 11) is 0. The largest absolute Gasteiger partial charge is 0.221 e. The highest BCUT2D eigenvalue weighted by atomic mass is 79.9. The number of nitrogens with zero attached hydrogens (tertiary/aromatic N) is 3. The summed E-state index contributed by atoms with van der Waals surface area (Å²) in [6.45, 7) is 0. The summed E-state index contributed by atoms with van der Waals surface area (Å²) in [4.78, 5) is 4.12. The van der Waals surface area contributed by atoms with Gasteiger partial charge in [0.2, 0.25) is 0 Å². The highest BCUT2D eigenvalue weighted by molar-refractivity contribution is 9.08. The van der Waals surface area contributed by atoms with E-state index in [1.165, 1.54) is 0 Å². The highest BCUT2D eigenvalue weighted by Gasteiger charge is 1.99. The maximum atomic E-state index is 4.26. The number of para-hydroxylation sites is 1. The van der Waals surface area contributed by atoms with Crippen LogP contribution in [0.3, 0.4) is 0 Å². The first-order chi connectivity index (χ1) is 6.40. The van der Waals surface area contributed by atoms with Crippen molar-refractivity contribution in [1.82, 2.24) is 14.8 Å².